The number of hydrogen-bond donors (Lipinski definition) is 2. The van der Waals surface area contributed by atoms with Gasteiger partial charge in [0.2, 0.25) is 5.95 Å². The number of aromatic nitrogens is 2. The van der Waals surface area contributed by atoms with E-state index in [0.29, 0.717) is 35.2 Å². The van der Waals surface area contributed by atoms with Gasteiger partial charge in [-0.3, -0.25) is 0 Å². The molecule has 1 aromatic carbocycles. The van der Waals surface area contributed by atoms with E-state index in [-0.39, 0.29) is 30.6 Å². The molecule has 2 aromatic rings. The number of hydrogen-bond acceptors (Lipinski definition) is 6. The SMILES string of the molecule is COc1cc2nc(NC3CCCC(C(F)(F)F)C3)nc(N)c2cc1OC. The Labute approximate surface area is 148 Å². The molecule has 0 amide bonds. The van der Waals surface area contributed by atoms with Crippen LogP contribution in [0.15, 0.2) is 12.1 Å². The fraction of sp³-hybridized carbons (Fsp3) is 0.529. The Morgan fingerprint density at radius 1 is 1.12 bits per heavy atom. The lowest BCUT2D eigenvalue weighted by atomic mass is 9.85. The second-order valence-electron chi connectivity index (χ2n) is 6.40. The number of methoxy groups -OCH3 is 2. The molecular formula is C17H21F3N4O2. The van der Waals surface area contributed by atoms with Gasteiger partial charge in [-0.15, -0.1) is 0 Å². The molecule has 1 aromatic heterocycles. The molecule has 3 rings (SSSR count). The molecule has 1 fully saturated rings. The van der Waals surface area contributed by atoms with Crippen LogP contribution in [0.3, 0.4) is 0 Å². The van der Waals surface area contributed by atoms with Crippen LogP contribution in [0, 0.1) is 5.92 Å². The third-order valence-corrected chi connectivity index (χ3v) is 4.70. The van der Waals surface area contributed by atoms with E-state index in [1.165, 1.54) is 14.2 Å². The smallest absolute Gasteiger partial charge is 0.391 e. The van der Waals surface area contributed by atoms with Gasteiger partial charge in [-0.25, -0.2) is 4.98 Å². The third kappa shape index (κ3) is 3.71. The lowest BCUT2D eigenvalue weighted by molar-refractivity contribution is -0.182. The zero-order chi connectivity index (χ0) is 18.9. The van der Waals surface area contributed by atoms with E-state index >= 15 is 0 Å². The number of benzene rings is 1. The van der Waals surface area contributed by atoms with Gasteiger partial charge >= 0.3 is 6.18 Å². The fourth-order valence-electron chi connectivity index (χ4n) is 3.34. The average Bonchev–Trinajstić information content (AvgIpc) is 2.60. The number of fused-ring (bicyclic) bond motifs is 1. The summed E-state index contributed by atoms with van der Waals surface area (Å²) in [5.74, 6) is 0.128. The van der Waals surface area contributed by atoms with Gasteiger partial charge in [0.05, 0.1) is 25.7 Å². The molecule has 2 unspecified atom stereocenters. The molecule has 3 N–H and O–H groups in total. The van der Waals surface area contributed by atoms with Crippen LogP contribution in [-0.4, -0.2) is 36.4 Å². The number of alkyl halides is 3. The summed E-state index contributed by atoms with van der Waals surface area (Å²) in [6, 6.07) is 3.00. The highest BCUT2D eigenvalue weighted by Crippen LogP contribution is 2.38. The van der Waals surface area contributed by atoms with E-state index in [9.17, 15) is 13.2 Å². The molecule has 26 heavy (non-hydrogen) atoms. The van der Waals surface area contributed by atoms with Gasteiger partial charge < -0.3 is 20.5 Å². The molecule has 9 heteroatoms. The first kappa shape index (κ1) is 18.3. The number of nitrogen functional groups attached to an aromatic ring is 1. The van der Waals surface area contributed by atoms with Crippen LogP contribution in [0.2, 0.25) is 0 Å². The molecule has 2 atom stereocenters. The topological polar surface area (TPSA) is 82.3 Å². The summed E-state index contributed by atoms with van der Waals surface area (Å²) in [4.78, 5) is 8.57. The minimum absolute atomic E-state index is 0.0107. The quantitative estimate of drug-likeness (QED) is 0.853. The second kappa shape index (κ2) is 7.05. The Bertz CT molecular complexity index is 798. The van der Waals surface area contributed by atoms with Crippen molar-refractivity contribution < 1.29 is 22.6 Å². The van der Waals surface area contributed by atoms with E-state index in [2.05, 4.69) is 15.3 Å². The van der Waals surface area contributed by atoms with Gasteiger partial charge in [-0.2, -0.15) is 18.2 Å². The summed E-state index contributed by atoms with van der Waals surface area (Å²) in [7, 11) is 3.02. The van der Waals surface area contributed by atoms with Crippen LogP contribution in [0.25, 0.3) is 10.9 Å². The monoisotopic (exact) mass is 370 g/mol. The van der Waals surface area contributed by atoms with Crippen molar-refractivity contribution in [2.24, 2.45) is 5.92 Å². The van der Waals surface area contributed by atoms with Gasteiger partial charge in [0.25, 0.3) is 0 Å². The van der Waals surface area contributed by atoms with Gasteiger partial charge in [0.15, 0.2) is 11.5 Å². The van der Waals surface area contributed by atoms with Crippen LogP contribution in [0.1, 0.15) is 25.7 Å². The number of rotatable bonds is 4. The number of anilines is 2. The van der Waals surface area contributed by atoms with Crippen molar-refractivity contribution in [2.45, 2.75) is 37.9 Å². The molecule has 0 aliphatic heterocycles. The summed E-state index contributed by atoms with van der Waals surface area (Å²) in [5, 5.41) is 3.60. The van der Waals surface area contributed by atoms with Crippen LogP contribution in [0.5, 0.6) is 11.5 Å². The van der Waals surface area contributed by atoms with E-state index in [0.717, 1.165) is 0 Å². The summed E-state index contributed by atoms with van der Waals surface area (Å²) < 4.78 is 49.4. The maximum Gasteiger partial charge on any atom is 0.391 e. The van der Waals surface area contributed by atoms with Crippen molar-refractivity contribution in [3.8, 4) is 11.5 Å². The molecular weight excluding hydrogens is 349 g/mol. The van der Waals surface area contributed by atoms with Gasteiger partial charge in [-0.05, 0) is 25.3 Å². The highest BCUT2D eigenvalue weighted by molar-refractivity contribution is 5.91. The van der Waals surface area contributed by atoms with Gasteiger partial charge in [-0.1, -0.05) is 6.42 Å². The lowest BCUT2D eigenvalue weighted by Crippen LogP contribution is -2.35. The second-order valence-corrected chi connectivity index (χ2v) is 6.40. The Morgan fingerprint density at radius 3 is 2.46 bits per heavy atom. The van der Waals surface area contributed by atoms with Crippen molar-refractivity contribution in [1.29, 1.82) is 0 Å². The molecule has 6 nitrogen and oxygen atoms in total. The lowest BCUT2D eigenvalue weighted by Gasteiger charge is -2.31. The van der Waals surface area contributed by atoms with E-state index < -0.39 is 12.1 Å². The summed E-state index contributed by atoms with van der Waals surface area (Å²) in [5.41, 5.74) is 6.53. The molecule has 0 spiro atoms. The van der Waals surface area contributed by atoms with Crippen LogP contribution >= 0.6 is 0 Å². The summed E-state index contributed by atoms with van der Waals surface area (Å²) >= 11 is 0. The normalized spacial score (nSPS) is 20.8. The largest absolute Gasteiger partial charge is 0.493 e. The number of halogens is 3. The Morgan fingerprint density at radius 2 is 1.81 bits per heavy atom. The Balaban J connectivity index is 1.86. The molecule has 0 bridgehead atoms. The number of ether oxygens (including phenoxy) is 2. The van der Waals surface area contributed by atoms with Crippen LogP contribution < -0.4 is 20.5 Å². The van der Waals surface area contributed by atoms with E-state index in [4.69, 9.17) is 15.2 Å². The maximum absolute atomic E-state index is 13.0. The number of nitrogens with one attached hydrogen (secondary N) is 1. The predicted molar refractivity (Wildman–Crippen MR) is 92.5 cm³/mol. The molecule has 1 aliphatic carbocycles. The minimum Gasteiger partial charge on any atom is -0.493 e. The molecule has 0 radical (unpaired) electrons. The van der Waals surface area contributed by atoms with Crippen molar-refractivity contribution in [3.63, 3.8) is 0 Å². The van der Waals surface area contributed by atoms with E-state index in [1.807, 2.05) is 0 Å². The number of nitrogens with two attached hydrogens (primary N) is 1. The first-order valence-corrected chi connectivity index (χ1v) is 8.34. The first-order valence-electron chi connectivity index (χ1n) is 8.34. The Hall–Kier alpha value is -2.45. The van der Waals surface area contributed by atoms with Crippen molar-refractivity contribution in [2.75, 3.05) is 25.3 Å². The zero-order valence-corrected chi connectivity index (χ0v) is 14.6. The third-order valence-electron chi connectivity index (χ3n) is 4.70. The fourth-order valence-corrected chi connectivity index (χ4v) is 3.34. The minimum atomic E-state index is -4.17. The zero-order valence-electron chi connectivity index (χ0n) is 14.6. The molecule has 1 aliphatic rings. The molecule has 1 heterocycles. The highest BCUT2D eigenvalue weighted by atomic mass is 19.4. The van der Waals surface area contributed by atoms with Gasteiger partial charge in [0.1, 0.15) is 5.82 Å². The van der Waals surface area contributed by atoms with Crippen molar-refractivity contribution in [1.82, 2.24) is 9.97 Å². The Kier molecular flexibility index (Phi) is 4.97. The molecule has 142 valence electrons. The summed E-state index contributed by atoms with van der Waals surface area (Å²) in [6.07, 6.45) is -2.85. The van der Waals surface area contributed by atoms with Crippen molar-refractivity contribution >= 4 is 22.7 Å². The average molecular weight is 370 g/mol. The molecule has 1 saturated carbocycles. The predicted octanol–water partition coefficient (Wildman–Crippen LogP) is 3.76. The standard InChI is InChI=1S/C17H21F3N4O2/c1-25-13-7-11-12(8-14(13)26-2)23-16(24-15(11)21)22-10-5-3-4-9(6-10)17(18,19)20/h7-10H,3-6H2,1-2H3,(H3,21,22,23,24). The van der Waals surface area contributed by atoms with Crippen LogP contribution in [0.4, 0.5) is 24.9 Å². The first-order chi connectivity index (χ1) is 12.3. The highest BCUT2D eigenvalue weighted by Gasteiger charge is 2.42. The maximum atomic E-state index is 13.0. The van der Waals surface area contributed by atoms with E-state index in [1.54, 1.807) is 12.1 Å². The molecule has 0 saturated heterocycles. The van der Waals surface area contributed by atoms with Crippen LogP contribution in [-0.2, 0) is 0 Å². The number of nitrogens with zero attached hydrogens (tertiary/aromatic N) is 2. The van der Waals surface area contributed by atoms with Gasteiger partial charge in [0, 0.05) is 17.5 Å². The summed E-state index contributed by atoms with van der Waals surface area (Å²) in [6.45, 7) is 0. The van der Waals surface area contributed by atoms with Crippen molar-refractivity contribution in [3.05, 3.63) is 12.1 Å².